The van der Waals surface area contributed by atoms with E-state index in [2.05, 4.69) is 16.3 Å². The largest absolute Gasteiger partial charge is 0.456 e. The second-order valence-corrected chi connectivity index (χ2v) is 8.42. The number of allylic oxidation sites excluding steroid dienone is 1. The van der Waals surface area contributed by atoms with Crippen molar-refractivity contribution in [2.45, 2.75) is 32.1 Å². The van der Waals surface area contributed by atoms with Crippen LogP contribution in [0.3, 0.4) is 0 Å². The second kappa shape index (κ2) is 8.52. The predicted octanol–water partition coefficient (Wildman–Crippen LogP) is 4.70. The molecule has 0 bridgehead atoms. The molecule has 2 aliphatic rings. The molecule has 1 amide bonds. The van der Waals surface area contributed by atoms with Crippen molar-refractivity contribution in [2.75, 3.05) is 25.0 Å². The zero-order valence-electron chi connectivity index (χ0n) is 17.5. The maximum Gasteiger partial charge on any atom is 0.238 e. The molecule has 31 heavy (non-hydrogen) atoms. The third-order valence-electron chi connectivity index (χ3n) is 6.16. The lowest BCUT2D eigenvalue weighted by atomic mass is 10.1. The van der Waals surface area contributed by atoms with Gasteiger partial charge in [0.25, 0.3) is 0 Å². The zero-order valence-corrected chi connectivity index (χ0v) is 17.5. The van der Waals surface area contributed by atoms with Crippen molar-refractivity contribution in [3.8, 4) is 0 Å². The van der Waals surface area contributed by atoms with Crippen LogP contribution in [0.25, 0.3) is 22.6 Å². The summed E-state index contributed by atoms with van der Waals surface area (Å²) in [5, 5.41) is 3.53. The number of hydrogen-bond acceptors (Lipinski definition) is 4. The van der Waals surface area contributed by atoms with Gasteiger partial charge in [-0.3, -0.25) is 14.5 Å². The van der Waals surface area contributed by atoms with Gasteiger partial charge < -0.3 is 9.73 Å². The first kappa shape index (κ1) is 19.8. The standard InChI is InChI=1S/C26H26N2O3/c29-24(17-28-13-5-2-6-14-28)27-20-10-12-21-23(16-20)31-26-19(9-11-22(26)25(21)30)15-18-7-3-1-4-8-18/h1,3-4,7-8,10,12,15-16H,2,5-6,9,11,13-14,17H2,(H,27,29). The molecule has 5 heteroatoms. The van der Waals surface area contributed by atoms with Gasteiger partial charge in [-0.2, -0.15) is 0 Å². The summed E-state index contributed by atoms with van der Waals surface area (Å²) in [5.74, 6) is 0.646. The summed E-state index contributed by atoms with van der Waals surface area (Å²) in [4.78, 5) is 27.7. The monoisotopic (exact) mass is 414 g/mol. The van der Waals surface area contributed by atoms with Crippen LogP contribution in [0.4, 0.5) is 5.69 Å². The molecule has 3 aromatic rings. The Morgan fingerprint density at radius 1 is 1.03 bits per heavy atom. The van der Waals surface area contributed by atoms with Gasteiger partial charge in [0.1, 0.15) is 11.3 Å². The Kier molecular flexibility index (Phi) is 5.43. The van der Waals surface area contributed by atoms with E-state index in [1.807, 2.05) is 30.3 Å². The minimum atomic E-state index is -0.0329. The molecule has 0 spiro atoms. The van der Waals surface area contributed by atoms with Crippen molar-refractivity contribution >= 4 is 34.2 Å². The van der Waals surface area contributed by atoms with Crippen LogP contribution < -0.4 is 10.7 Å². The van der Waals surface area contributed by atoms with Crippen molar-refractivity contribution in [3.63, 3.8) is 0 Å². The van der Waals surface area contributed by atoms with Gasteiger partial charge in [-0.25, -0.2) is 0 Å². The average Bonchev–Trinajstić information content (AvgIpc) is 3.18. The van der Waals surface area contributed by atoms with Gasteiger partial charge >= 0.3 is 0 Å². The third-order valence-corrected chi connectivity index (χ3v) is 6.16. The second-order valence-electron chi connectivity index (χ2n) is 8.42. The van der Waals surface area contributed by atoms with Gasteiger partial charge in [-0.05, 0) is 68.1 Å². The smallest absolute Gasteiger partial charge is 0.238 e. The molecule has 1 aliphatic carbocycles. The Morgan fingerprint density at radius 2 is 1.84 bits per heavy atom. The van der Waals surface area contributed by atoms with Crippen molar-refractivity contribution in [3.05, 3.63) is 75.6 Å². The molecular weight excluding hydrogens is 388 g/mol. The lowest BCUT2D eigenvalue weighted by molar-refractivity contribution is -0.117. The highest BCUT2D eigenvalue weighted by atomic mass is 16.3. The average molecular weight is 415 g/mol. The number of fused-ring (bicyclic) bond motifs is 2. The third kappa shape index (κ3) is 4.19. The van der Waals surface area contributed by atoms with E-state index in [-0.39, 0.29) is 11.3 Å². The normalized spacial score (nSPS) is 17.7. The van der Waals surface area contributed by atoms with E-state index in [0.717, 1.165) is 49.1 Å². The van der Waals surface area contributed by atoms with Crippen molar-refractivity contribution in [2.24, 2.45) is 0 Å². The SMILES string of the molecule is O=C(CN1CCCCC1)Nc1ccc2c(=O)c3c(oc2c1)C(=Cc1ccccc1)CC3. The van der Waals surface area contributed by atoms with Gasteiger partial charge in [-0.1, -0.05) is 36.8 Å². The van der Waals surface area contributed by atoms with E-state index in [1.165, 1.54) is 6.42 Å². The van der Waals surface area contributed by atoms with Crippen molar-refractivity contribution < 1.29 is 9.21 Å². The number of rotatable bonds is 4. The highest BCUT2D eigenvalue weighted by Gasteiger charge is 2.24. The molecule has 0 unspecified atom stereocenters. The molecule has 5 nitrogen and oxygen atoms in total. The number of nitrogens with one attached hydrogen (secondary N) is 1. The topological polar surface area (TPSA) is 62.6 Å². The summed E-state index contributed by atoms with van der Waals surface area (Å²) in [6.07, 6.45) is 7.12. The van der Waals surface area contributed by atoms with Crippen LogP contribution in [0.5, 0.6) is 0 Å². The highest BCUT2D eigenvalue weighted by molar-refractivity contribution is 5.95. The summed E-state index contributed by atoms with van der Waals surface area (Å²) in [7, 11) is 0. The summed E-state index contributed by atoms with van der Waals surface area (Å²) >= 11 is 0. The molecule has 2 heterocycles. The summed E-state index contributed by atoms with van der Waals surface area (Å²) in [5.41, 5.74) is 4.08. The number of anilines is 1. The first-order valence-corrected chi connectivity index (χ1v) is 11.1. The molecular formula is C26H26N2O3. The fourth-order valence-electron chi connectivity index (χ4n) is 4.58. The minimum absolute atomic E-state index is 0.0268. The fraction of sp³-hybridized carbons (Fsp3) is 0.308. The van der Waals surface area contributed by atoms with Crippen molar-refractivity contribution in [1.82, 2.24) is 4.90 Å². The molecule has 0 atom stereocenters. The Balaban J connectivity index is 1.42. The van der Waals surface area contributed by atoms with E-state index in [9.17, 15) is 9.59 Å². The molecule has 158 valence electrons. The number of carbonyl (C=O) groups is 1. The van der Waals surface area contributed by atoms with Gasteiger partial charge in [0.15, 0.2) is 5.43 Å². The zero-order chi connectivity index (χ0) is 21.2. The molecule has 5 rings (SSSR count). The number of carbonyl (C=O) groups excluding carboxylic acids is 1. The van der Waals surface area contributed by atoms with Gasteiger partial charge in [-0.15, -0.1) is 0 Å². The quantitative estimate of drug-likeness (QED) is 0.672. The van der Waals surface area contributed by atoms with Crippen LogP contribution in [-0.4, -0.2) is 30.4 Å². The van der Waals surface area contributed by atoms with E-state index < -0.39 is 0 Å². The van der Waals surface area contributed by atoms with E-state index >= 15 is 0 Å². The maximum atomic E-state index is 13.0. The minimum Gasteiger partial charge on any atom is -0.456 e. The Labute approximate surface area is 181 Å². The van der Waals surface area contributed by atoms with E-state index in [1.54, 1.807) is 18.2 Å². The summed E-state index contributed by atoms with van der Waals surface area (Å²) in [6.45, 7) is 2.35. The molecule has 1 saturated heterocycles. The molecule has 1 aliphatic heterocycles. The first-order valence-electron chi connectivity index (χ1n) is 11.1. The van der Waals surface area contributed by atoms with E-state index in [0.29, 0.717) is 35.4 Å². The fourth-order valence-corrected chi connectivity index (χ4v) is 4.58. The van der Waals surface area contributed by atoms with Crippen molar-refractivity contribution in [1.29, 1.82) is 0 Å². The lowest BCUT2D eigenvalue weighted by Crippen LogP contribution is -2.36. The number of benzene rings is 2. The number of likely N-dealkylation sites (tertiary alicyclic amines) is 1. The first-order chi connectivity index (χ1) is 15.2. The van der Waals surface area contributed by atoms with Gasteiger partial charge in [0.05, 0.1) is 11.9 Å². The Bertz CT molecular complexity index is 1200. The predicted molar refractivity (Wildman–Crippen MR) is 124 cm³/mol. The van der Waals surface area contributed by atoms with Crippen LogP contribution in [0.1, 0.15) is 42.6 Å². The van der Waals surface area contributed by atoms with Crippen LogP contribution in [0, 0.1) is 0 Å². The Morgan fingerprint density at radius 3 is 2.65 bits per heavy atom. The lowest BCUT2D eigenvalue weighted by Gasteiger charge is -2.25. The van der Waals surface area contributed by atoms with Crippen LogP contribution in [-0.2, 0) is 11.2 Å². The summed E-state index contributed by atoms with van der Waals surface area (Å²) in [6, 6.07) is 15.4. The van der Waals surface area contributed by atoms with Gasteiger partial charge in [0, 0.05) is 17.3 Å². The number of hydrogen-bond donors (Lipinski definition) is 1. The molecule has 1 aromatic heterocycles. The Hall–Kier alpha value is -3.18. The van der Waals surface area contributed by atoms with E-state index in [4.69, 9.17) is 4.42 Å². The summed E-state index contributed by atoms with van der Waals surface area (Å²) < 4.78 is 6.21. The maximum absolute atomic E-state index is 13.0. The molecule has 2 aromatic carbocycles. The molecule has 1 N–H and O–H groups in total. The highest BCUT2D eigenvalue weighted by Crippen LogP contribution is 2.34. The molecule has 1 fully saturated rings. The van der Waals surface area contributed by atoms with Crippen LogP contribution >= 0.6 is 0 Å². The number of piperidine rings is 1. The number of nitrogens with zero attached hydrogens (tertiary/aromatic N) is 1. The molecule has 0 radical (unpaired) electrons. The van der Waals surface area contributed by atoms with Crippen LogP contribution in [0.15, 0.2) is 57.7 Å². The van der Waals surface area contributed by atoms with Gasteiger partial charge in [0.2, 0.25) is 5.91 Å². The van der Waals surface area contributed by atoms with Crippen LogP contribution in [0.2, 0.25) is 0 Å². The number of amides is 1. The molecule has 0 saturated carbocycles.